The van der Waals surface area contributed by atoms with Crippen LogP contribution in [0.1, 0.15) is 5.56 Å². The highest BCUT2D eigenvalue weighted by Gasteiger charge is 2.30. The van der Waals surface area contributed by atoms with Crippen molar-refractivity contribution in [1.82, 2.24) is 4.90 Å². The molecule has 1 rings (SSSR count). The lowest BCUT2D eigenvalue weighted by atomic mass is 10.2. The first-order chi connectivity index (χ1) is 7.90. The standard InChI is InChI=1S/C11H14F3NO2/c1-15(6-7-16)8-9-2-4-10(5-3-9)17-11(12,13)14/h2-5,16H,6-8H2,1H3. The topological polar surface area (TPSA) is 32.7 Å². The highest BCUT2D eigenvalue weighted by Crippen LogP contribution is 2.22. The molecule has 1 aromatic carbocycles. The molecule has 1 N–H and O–H groups in total. The van der Waals surface area contributed by atoms with Gasteiger partial charge in [0.2, 0.25) is 0 Å². The average Bonchev–Trinajstić information content (AvgIpc) is 2.19. The van der Waals surface area contributed by atoms with E-state index in [2.05, 4.69) is 4.74 Å². The fraction of sp³-hybridized carbons (Fsp3) is 0.455. The van der Waals surface area contributed by atoms with Gasteiger partial charge in [0, 0.05) is 13.1 Å². The van der Waals surface area contributed by atoms with Crippen LogP contribution in [-0.2, 0) is 6.54 Å². The van der Waals surface area contributed by atoms with E-state index < -0.39 is 6.36 Å². The molecule has 0 saturated heterocycles. The average molecular weight is 249 g/mol. The summed E-state index contributed by atoms with van der Waals surface area (Å²) < 4.78 is 39.4. The van der Waals surface area contributed by atoms with E-state index in [1.54, 1.807) is 12.1 Å². The molecule has 17 heavy (non-hydrogen) atoms. The van der Waals surface area contributed by atoms with Crippen LogP contribution in [0.5, 0.6) is 5.75 Å². The molecule has 3 nitrogen and oxygen atoms in total. The van der Waals surface area contributed by atoms with Gasteiger partial charge in [-0.05, 0) is 24.7 Å². The SMILES string of the molecule is CN(CCO)Cc1ccc(OC(F)(F)F)cc1. The molecule has 0 atom stereocenters. The summed E-state index contributed by atoms with van der Waals surface area (Å²) >= 11 is 0. The first kappa shape index (κ1) is 13.8. The number of nitrogens with zero attached hydrogens (tertiary/aromatic N) is 1. The molecule has 0 unspecified atom stereocenters. The van der Waals surface area contributed by atoms with Gasteiger partial charge in [-0.25, -0.2) is 0 Å². The predicted molar refractivity (Wildman–Crippen MR) is 56.5 cm³/mol. The molecule has 6 heteroatoms. The molecule has 0 saturated carbocycles. The number of benzene rings is 1. The third-order valence-electron chi connectivity index (χ3n) is 2.09. The van der Waals surface area contributed by atoms with Crippen molar-refractivity contribution in [3.8, 4) is 5.75 Å². The Morgan fingerprint density at radius 3 is 2.29 bits per heavy atom. The Bertz CT molecular complexity index is 338. The van der Waals surface area contributed by atoms with E-state index in [-0.39, 0.29) is 12.4 Å². The summed E-state index contributed by atoms with van der Waals surface area (Å²) in [6.07, 6.45) is -4.66. The van der Waals surface area contributed by atoms with E-state index in [0.717, 1.165) is 5.56 Å². The number of ether oxygens (including phenoxy) is 1. The van der Waals surface area contributed by atoms with Crippen LogP contribution >= 0.6 is 0 Å². The first-order valence-electron chi connectivity index (χ1n) is 5.05. The highest BCUT2D eigenvalue weighted by molar-refractivity contribution is 5.27. The summed E-state index contributed by atoms with van der Waals surface area (Å²) in [5.74, 6) is -0.230. The molecule has 0 aliphatic heterocycles. The van der Waals surface area contributed by atoms with Crippen molar-refractivity contribution in [3.05, 3.63) is 29.8 Å². The van der Waals surface area contributed by atoms with E-state index in [1.165, 1.54) is 12.1 Å². The number of aliphatic hydroxyl groups is 1. The van der Waals surface area contributed by atoms with Gasteiger partial charge in [0.1, 0.15) is 5.75 Å². The zero-order valence-corrected chi connectivity index (χ0v) is 9.37. The summed E-state index contributed by atoms with van der Waals surface area (Å²) in [5.41, 5.74) is 0.857. The van der Waals surface area contributed by atoms with Crippen LogP contribution < -0.4 is 4.74 Å². The van der Waals surface area contributed by atoms with E-state index in [0.29, 0.717) is 13.1 Å². The molecule has 0 aromatic heterocycles. The van der Waals surface area contributed by atoms with E-state index in [9.17, 15) is 13.2 Å². The Morgan fingerprint density at radius 2 is 1.82 bits per heavy atom. The Balaban J connectivity index is 2.56. The van der Waals surface area contributed by atoms with Crippen LogP contribution in [0, 0.1) is 0 Å². The lowest BCUT2D eigenvalue weighted by molar-refractivity contribution is -0.274. The van der Waals surface area contributed by atoms with Crippen LogP contribution in [0.25, 0.3) is 0 Å². The lowest BCUT2D eigenvalue weighted by Gasteiger charge is -2.15. The van der Waals surface area contributed by atoms with Crippen LogP contribution in [0.3, 0.4) is 0 Å². The molecule has 0 radical (unpaired) electrons. The van der Waals surface area contributed by atoms with Gasteiger partial charge in [0.05, 0.1) is 6.61 Å². The van der Waals surface area contributed by atoms with Gasteiger partial charge < -0.3 is 9.84 Å². The molecule has 0 amide bonds. The zero-order valence-electron chi connectivity index (χ0n) is 9.37. The Kier molecular flexibility index (Phi) is 4.77. The number of rotatable bonds is 5. The molecule has 0 spiro atoms. The molecule has 0 aliphatic carbocycles. The van der Waals surface area contributed by atoms with Gasteiger partial charge in [-0.1, -0.05) is 12.1 Å². The van der Waals surface area contributed by atoms with Crippen molar-refractivity contribution in [2.75, 3.05) is 20.2 Å². The minimum Gasteiger partial charge on any atom is -0.406 e. The number of alkyl halides is 3. The normalized spacial score (nSPS) is 11.9. The summed E-state index contributed by atoms with van der Waals surface area (Å²) in [6, 6.07) is 5.68. The van der Waals surface area contributed by atoms with Gasteiger partial charge in [0.15, 0.2) is 0 Å². The maximum absolute atomic E-state index is 11.9. The summed E-state index contributed by atoms with van der Waals surface area (Å²) in [6.45, 7) is 1.12. The maximum atomic E-state index is 11.9. The van der Waals surface area contributed by atoms with Gasteiger partial charge in [-0.2, -0.15) is 0 Å². The Hall–Kier alpha value is -1.27. The predicted octanol–water partition coefficient (Wildman–Crippen LogP) is 2.01. The largest absolute Gasteiger partial charge is 0.573 e. The third-order valence-corrected chi connectivity index (χ3v) is 2.09. The third kappa shape index (κ3) is 5.55. The van der Waals surface area contributed by atoms with Crippen LogP contribution in [0.2, 0.25) is 0 Å². The minimum absolute atomic E-state index is 0.0474. The zero-order chi connectivity index (χ0) is 12.9. The van der Waals surface area contributed by atoms with E-state index in [4.69, 9.17) is 5.11 Å². The number of hydrogen-bond acceptors (Lipinski definition) is 3. The molecule has 0 heterocycles. The summed E-state index contributed by atoms with van der Waals surface area (Å²) in [7, 11) is 1.82. The fourth-order valence-corrected chi connectivity index (χ4v) is 1.36. The van der Waals surface area contributed by atoms with Crippen molar-refractivity contribution >= 4 is 0 Å². The van der Waals surface area contributed by atoms with Crippen LogP contribution in [-0.4, -0.2) is 36.6 Å². The van der Waals surface area contributed by atoms with Crippen molar-refractivity contribution in [3.63, 3.8) is 0 Å². The number of likely N-dealkylation sites (N-methyl/N-ethyl adjacent to an activating group) is 1. The van der Waals surface area contributed by atoms with Crippen molar-refractivity contribution in [2.24, 2.45) is 0 Å². The molecular weight excluding hydrogens is 235 g/mol. The molecule has 1 aromatic rings. The van der Waals surface area contributed by atoms with Crippen molar-refractivity contribution < 1.29 is 23.0 Å². The van der Waals surface area contributed by atoms with Crippen molar-refractivity contribution in [1.29, 1.82) is 0 Å². The molecule has 0 bridgehead atoms. The van der Waals surface area contributed by atoms with Gasteiger partial charge in [0.25, 0.3) is 0 Å². The van der Waals surface area contributed by atoms with Crippen LogP contribution in [0.4, 0.5) is 13.2 Å². The van der Waals surface area contributed by atoms with Gasteiger partial charge in [-0.15, -0.1) is 13.2 Å². The number of halogens is 3. The van der Waals surface area contributed by atoms with E-state index >= 15 is 0 Å². The second kappa shape index (κ2) is 5.88. The summed E-state index contributed by atoms with van der Waals surface area (Å²) in [5, 5.41) is 8.70. The Morgan fingerprint density at radius 1 is 1.24 bits per heavy atom. The second-order valence-electron chi connectivity index (χ2n) is 3.65. The van der Waals surface area contributed by atoms with E-state index in [1.807, 2.05) is 11.9 Å². The molecule has 0 aliphatic rings. The molecule has 96 valence electrons. The lowest BCUT2D eigenvalue weighted by Crippen LogP contribution is -2.21. The first-order valence-corrected chi connectivity index (χ1v) is 5.05. The summed E-state index contributed by atoms with van der Waals surface area (Å²) in [4.78, 5) is 1.86. The number of hydrogen-bond donors (Lipinski definition) is 1. The minimum atomic E-state index is -4.66. The highest BCUT2D eigenvalue weighted by atomic mass is 19.4. The quantitative estimate of drug-likeness (QED) is 0.866. The smallest absolute Gasteiger partial charge is 0.406 e. The monoisotopic (exact) mass is 249 g/mol. The fourth-order valence-electron chi connectivity index (χ4n) is 1.36. The Labute approximate surface area is 97.4 Å². The second-order valence-corrected chi connectivity index (χ2v) is 3.65. The van der Waals surface area contributed by atoms with Gasteiger partial charge >= 0.3 is 6.36 Å². The number of aliphatic hydroxyl groups excluding tert-OH is 1. The molecular formula is C11H14F3NO2. The van der Waals surface area contributed by atoms with Gasteiger partial charge in [-0.3, -0.25) is 4.90 Å². The van der Waals surface area contributed by atoms with Crippen molar-refractivity contribution in [2.45, 2.75) is 12.9 Å². The van der Waals surface area contributed by atoms with Crippen LogP contribution in [0.15, 0.2) is 24.3 Å². The molecule has 0 fully saturated rings. The maximum Gasteiger partial charge on any atom is 0.573 e.